The van der Waals surface area contributed by atoms with Crippen molar-refractivity contribution in [1.29, 1.82) is 0 Å². The average Bonchev–Trinajstić information content (AvgIpc) is 3.01. The third-order valence-electron chi connectivity index (χ3n) is 2.46. The molecule has 7 nitrogen and oxygen atoms in total. The van der Waals surface area contributed by atoms with Crippen molar-refractivity contribution in [3.05, 3.63) is 30.1 Å². The summed E-state index contributed by atoms with van der Waals surface area (Å²) in [7, 11) is 0. The molecule has 0 atom stereocenters. The Morgan fingerprint density at radius 1 is 1.32 bits per heavy atom. The first kappa shape index (κ1) is 11.2. The van der Waals surface area contributed by atoms with E-state index in [1.807, 2.05) is 0 Å². The Bertz CT molecular complexity index is 736. The Labute approximate surface area is 105 Å². The number of H-pyrrole nitrogens is 1. The second-order valence-corrected chi connectivity index (χ2v) is 3.80. The van der Waals surface area contributed by atoms with Crippen LogP contribution in [0.3, 0.4) is 0 Å². The van der Waals surface area contributed by atoms with Gasteiger partial charge in [0.25, 0.3) is 5.89 Å². The van der Waals surface area contributed by atoms with E-state index in [0.29, 0.717) is 17.1 Å². The number of phenols is 1. The van der Waals surface area contributed by atoms with E-state index in [9.17, 15) is 4.39 Å². The number of phenolic OH excluding ortho intramolecular Hbond substituents is 1. The summed E-state index contributed by atoms with van der Waals surface area (Å²) in [4.78, 5) is 4.08. The highest BCUT2D eigenvalue weighted by Crippen LogP contribution is 2.25. The molecule has 3 aromatic rings. The minimum atomic E-state index is -0.755. The van der Waals surface area contributed by atoms with Crippen molar-refractivity contribution < 1.29 is 14.0 Å². The standard InChI is InChI=1S/C11H8FN5O2/c12-6-3-5(1-2-8(6)18)10-14-11(19-17-10)7-4-9(13)16-15-7/h1-4,18H,(H3,13,15,16). The monoisotopic (exact) mass is 261 g/mol. The minimum Gasteiger partial charge on any atom is -0.505 e. The number of anilines is 1. The Morgan fingerprint density at radius 3 is 2.84 bits per heavy atom. The van der Waals surface area contributed by atoms with Crippen LogP contribution < -0.4 is 5.73 Å². The first-order valence-electron chi connectivity index (χ1n) is 5.27. The van der Waals surface area contributed by atoms with Crippen LogP contribution in [-0.4, -0.2) is 25.4 Å². The van der Waals surface area contributed by atoms with Gasteiger partial charge in [0.1, 0.15) is 11.5 Å². The number of nitrogens with one attached hydrogen (secondary N) is 1. The average molecular weight is 261 g/mol. The highest BCUT2D eigenvalue weighted by atomic mass is 19.1. The molecule has 0 unspecified atom stereocenters. The van der Waals surface area contributed by atoms with Crippen molar-refractivity contribution in [2.45, 2.75) is 0 Å². The molecule has 0 aliphatic heterocycles. The molecular formula is C11H8FN5O2. The molecule has 0 aliphatic rings. The Morgan fingerprint density at radius 2 is 2.16 bits per heavy atom. The van der Waals surface area contributed by atoms with Gasteiger partial charge in [-0.2, -0.15) is 10.1 Å². The fourth-order valence-electron chi connectivity index (χ4n) is 1.54. The number of halogens is 1. The van der Waals surface area contributed by atoms with Gasteiger partial charge in [-0.15, -0.1) is 0 Å². The van der Waals surface area contributed by atoms with Gasteiger partial charge in [0.05, 0.1) is 0 Å². The van der Waals surface area contributed by atoms with Crippen LogP contribution in [0.5, 0.6) is 5.75 Å². The molecule has 4 N–H and O–H groups in total. The zero-order valence-corrected chi connectivity index (χ0v) is 9.46. The van der Waals surface area contributed by atoms with E-state index in [0.717, 1.165) is 6.07 Å². The molecule has 0 saturated heterocycles. The molecule has 8 heteroatoms. The summed E-state index contributed by atoms with van der Waals surface area (Å²) in [6.45, 7) is 0. The molecule has 2 aromatic heterocycles. The Balaban J connectivity index is 1.98. The Hall–Kier alpha value is -2.90. The van der Waals surface area contributed by atoms with Crippen molar-refractivity contribution in [3.8, 4) is 28.7 Å². The summed E-state index contributed by atoms with van der Waals surface area (Å²) in [5, 5.41) is 19.2. The fourth-order valence-corrected chi connectivity index (χ4v) is 1.54. The molecule has 0 aliphatic carbocycles. The minimum absolute atomic E-state index is 0.188. The largest absolute Gasteiger partial charge is 0.505 e. The van der Waals surface area contributed by atoms with Crippen LogP contribution in [0.15, 0.2) is 28.8 Å². The summed E-state index contributed by atoms with van der Waals surface area (Å²) in [6.07, 6.45) is 0. The van der Waals surface area contributed by atoms with Crippen LogP contribution in [0.4, 0.5) is 10.2 Å². The quantitative estimate of drug-likeness (QED) is 0.644. The number of nitrogen functional groups attached to an aromatic ring is 1. The van der Waals surface area contributed by atoms with Crippen LogP contribution in [-0.2, 0) is 0 Å². The van der Waals surface area contributed by atoms with E-state index in [-0.39, 0.29) is 11.7 Å². The second-order valence-electron chi connectivity index (χ2n) is 3.80. The zero-order valence-electron chi connectivity index (χ0n) is 9.46. The van der Waals surface area contributed by atoms with Crippen molar-refractivity contribution in [1.82, 2.24) is 20.3 Å². The number of benzene rings is 1. The lowest BCUT2D eigenvalue weighted by atomic mass is 10.2. The van der Waals surface area contributed by atoms with Gasteiger partial charge in [-0.3, -0.25) is 5.10 Å². The normalized spacial score (nSPS) is 10.8. The van der Waals surface area contributed by atoms with E-state index in [4.69, 9.17) is 15.4 Å². The number of nitrogens with two attached hydrogens (primary N) is 1. The SMILES string of the molecule is Nc1cc(-c2nc(-c3ccc(O)c(F)c3)no2)[nH]n1. The lowest BCUT2D eigenvalue weighted by Gasteiger charge is -1.96. The van der Waals surface area contributed by atoms with Crippen molar-refractivity contribution in [2.24, 2.45) is 0 Å². The van der Waals surface area contributed by atoms with Gasteiger partial charge >= 0.3 is 0 Å². The number of nitrogens with zero attached hydrogens (tertiary/aromatic N) is 3. The first-order chi connectivity index (χ1) is 9.13. The van der Waals surface area contributed by atoms with Gasteiger partial charge in [0, 0.05) is 11.6 Å². The second kappa shape index (κ2) is 4.09. The van der Waals surface area contributed by atoms with E-state index in [1.165, 1.54) is 18.2 Å². The molecule has 0 spiro atoms. The highest BCUT2D eigenvalue weighted by Gasteiger charge is 2.13. The molecule has 2 heterocycles. The number of aromatic amines is 1. The van der Waals surface area contributed by atoms with E-state index in [2.05, 4.69) is 20.3 Å². The molecule has 0 bridgehead atoms. The fraction of sp³-hybridized carbons (Fsp3) is 0. The molecule has 96 valence electrons. The van der Waals surface area contributed by atoms with E-state index < -0.39 is 11.6 Å². The van der Waals surface area contributed by atoms with Gasteiger partial charge in [-0.1, -0.05) is 5.16 Å². The van der Waals surface area contributed by atoms with E-state index >= 15 is 0 Å². The molecule has 0 radical (unpaired) electrons. The lowest BCUT2D eigenvalue weighted by Crippen LogP contribution is -1.84. The van der Waals surface area contributed by atoms with Crippen molar-refractivity contribution >= 4 is 5.82 Å². The van der Waals surface area contributed by atoms with Gasteiger partial charge in [0.2, 0.25) is 5.82 Å². The Kier molecular flexibility index (Phi) is 2.41. The number of hydrogen-bond acceptors (Lipinski definition) is 6. The van der Waals surface area contributed by atoms with Crippen LogP contribution in [0.1, 0.15) is 0 Å². The summed E-state index contributed by atoms with van der Waals surface area (Å²) < 4.78 is 18.2. The molecule has 19 heavy (non-hydrogen) atoms. The highest BCUT2D eigenvalue weighted by molar-refractivity contribution is 5.60. The summed E-state index contributed by atoms with van der Waals surface area (Å²) in [5.41, 5.74) is 6.32. The molecule has 0 amide bonds. The summed E-state index contributed by atoms with van der Waals surface area (Å²) in [6, 6.07) is 5.35. The third-order valence-corrected chi connectivity index (χ3v) is 2.46. The molecule has 1 aromatic carbocycles. The van der Waals surface area contributed by atoms with E-state index in [1.54, 1.807) is 0 Å². The van der Waals surface area contributed by atoms with Crippen LogP contribution in [0.25, 0.3) is 23.0 Å². The predicted molar refractivity (Wildman–Crippen MR) is 63.4 cm³/mol. The van der Waals surface area contributed by atoms with Crippen molar-refractivity contribution in [2.75, 3.05) is 5.73 Å². The summed E-state index contributed by atoms with van der Waals surface area (Å²) >= 11 is 0. The molecular weight excluding hydrogens is 253 g/mol. The number of rotatable bonds is 2. The van der Waals surface area contributed by atoms with Gasteiger partial charge in [-0.25, -0.2) is 4.39 Å². The topological polar surface area (TPSA) is 114 Å². The third kappa shape index (κ3) is 1.99. The van der Waals surface area contributed by atoms with Crippen molar-refractivity contribution in [3.63, 3.8) is 0 Å². The van der Waals surface area contributed by atoms with Crippen LogP contribution in [0, 0.1) is 5.82 Å². The molecule has 0 saturated carbocycles. The number of aromatic hydroxyl groups is 1. The maximum Gasteiger partial charge on any atom is 0.276 e. The smallest absolute Gasteiger partial charge is 0.276 e. The van der Waals surface area contributed by atoms with Crippen LogP contribution >= 0.6 is 0 Å². The predicted octanol–water partition coefficient (Wildman–Crippen LogP) is 1.55. The maximum atomic E-state index is 13.2. The lowest BCUT2D eigenvalue weighted by molar-refractivity contribution is 0.429. The zero-order chi connectivity index (χ0) is 13.4. The summed E-state index contributed by atoms with van der Waals surface area (Å²) in [5.74, 6) is -0.511. The van der Waals surface area contributed by atoms with Crippen LogP contribution in [0.2, 0.25) is 0 Å². The first-order valence-corrected chi connectivity index (χ1v) is 5.27. The molecule has 0 fully saturated rings. The van der Waals surface area contributed by atoms with Gasteiger partial charge in [-0.05, 0) is 18.2 Å². The number of hydrogen-bond donors (Lipinski definition) is 3. The molecule has 3 rings (SSSR count). The maximum absolute atomic E-state index is 13.2. The van der Waals surface area contributed by atoms with Gasteiger partial charge < -0.3 is 15.4 Å². The number of aromatic nitrogens is 4. The van der Waals surface area contributed by atoms with Gasteiger partial charge in [0.15, 0.2) is 11.6 Å².